The monoisotopic (exact) mass is 493 g/mol. The van der Waals surface area contributed by atoms with E-state index in [4.69, 9.17) is 8.60 Å². The topological polar surface area (TPSA) is 76.8 Å². The Kier molecular flexibility index (Phi) is 6.70. The number of hydrogen-bond donors (Lipinski definition) is 0. The molecule has 2 aromatic carbocycles. The molecule has 1 aliphatic rings. The Hall–Kier alpha value is -3.27. The fraction of sp³-hybridized carbons (Fsp3) is 0.292. The van der Waals surface area contributed by atoms with Gasteiger partial charge in [-0.25, -0.2) is 0 Å². The molecule has 34 heavy (non-hydrogen) atoms. The van der Waals surface area contributed by atoms with Crippen LogP contribution in [0.25, 0.3) is 0 Å². The van der Waals surface area contributed by atoms with Crippen molar-refractivity contribution in [2.45, 2.75) is 43.4 Å². The quantitative estimate of drug-likeness (QED) is 0.393. The van der Waals surface area contributed by atoms with Crippen LogP contribution < -0.4 is 4.18 Å². The van der Waals surface area contributed by atoms with Gasteiger partial charge in [0.15, 0.2) is 0 Å². The van der Waals surface area contributed by atoms with Crippen LogP contribution in [0.5, 0.6) is 5.75 Å². The average molecular weight is 494 g/mol. The zero-order chi connectivity index (χ0) is 24.3. The molecule has 1 heterocycles. The summed E-state index contributed by atoms with van der Waals surface area (Å²) in [4.78, 5) is 14.0. The Labute approximate surface area is 195 Å². The summed E-state index contributed by atoms with van der Waals surface area (Å²) in [6.07, 6.45) is -0.510. The molecule has 0 bridgehead atoms. The van der Waals surface area contributed by atoms with E-state index in [2.05, 4.69) is 0 Å². The minimum absolute atomic E-state index is 0.00874. The molecule has 3 aromatic rings. The second-order valence-corrected chi connectivity index (χ2v) is 9.66. The SMILES string of the molecule is O=C(C1CCC1)N(Cc1cccc(OS(=O)(=O)c2cccc(C(F)(F)F)c2)c1)Cc1ccco1. The molecule has 1 fully saturated rings. The first kappa shape index (κ1) is 23.9. The Morgan fingerprint density at radius 1 is 1.03 bits per heavy atom. The van der Waals surface area contributed by atoms with Gasteiger partial charge in [-0.1, -0.05) is 24.6 Å². The average Bonchev–Trinajstić information content (AvgIpc) is 3.25. The van der Waals surface area contributed by atoms with Crippen LogP contribution in [0.3, 0.4) is 0 Å². The molecule has 0 spiro atoms. The zero-order valence-corrected chi connectivity index (χ0v) is 18.8. The molecular formula is C24H22F3NO5S. The molecule has 180 valence electrons. The van der Waals surface area contributed by atoms with Crippen LogP contribution in [-0.4, -0.2) is 19.2 Å². The standard InChI is InChI=1S/C24H22F3NO5S/c25-24(26,27)19-8-3-11-22(14-19)34(30,31)33-20-9-1-5-17(13-20)15-28(16-21-10-4-12-32-21)23(29)18-6-2-7-18/h1,3-5,8-14,18H,2,6-7,15-16H2. The van der Waals surface area contributed by atoms with Gasteiger partial charge in [-0.2, -0.15) is 21.6 Å². The summed E-state index contributed by atoms with van der Waals surface area (Å²) in [6, 6.07) is 13.0. The lowest BCUT2D eigenvalue weighted by molar-refractivity contribution is -0.140. The van der Waals surface area contributed by atoms with E-state index in [0.29, 0.717) is 17.4 Å². The van der Waals surface area contributed by atoms with E-state index >= 15 is 0 Å². The molecule has 0 aliphatic heterocycles. The molecule has 1 aromatic heterocycles. The first-order valence-corrected chi connectivity index (χ1v) is 12.0. The van der Waals surface area contributed by atoms with Gasteiger partial charge >= 0.3 is 16.3 Å². The molecule has 10 heteroatoms. The molecule has 4 rings (SSSR count). The second kappa shape index (κ2) is 9.54. The van der Waals surface area contributed by atoms with Gasteiger partial charge < -0.3 is 13.5 Å². The van der Waals surface area contributed by atoms with Gasteiger partial charge in [-0.3, -0.25) is 4.79 Å². The largest absolute Gasteiger partial charge is 0.467 e. The molecule has 0 radical (unpaired) electrons. The van der Waals surface area contributed by atoms with Crippen molar-refractivity contribution in [3.63, 3.8) is 0 Å². The van der Waals surface area contributed by atoms with Crippen molar-refractivity contribution >= 4 is 16.0 Å². The summed E-state index contributed by atoms with van der Waals surface area (Å²) in [6.45, 7) is 0.451. The lowest BCUT2D eigenvalue weighted by Crippen LogP contribution is -2.38. The van der Waals surface area contributed by atoms with Crippen LogP contribution in [0, 0.1) is 5.92 Å². The number of amides is 1. The highest BCUT2D eigenvalue weighted by atomic mass is 32.2. The maximum Gasteiger partial charge on any atom is 0.416 e. The van der Waals surface area contributed by atoms with E-state index < -0.39 is 26.8 Å². The molecule has 1 saturated carbocycles. The number of benzene rings is 2. The van der Waals surface area contributed by atoms with Gasteiger partial charge in [0.25, 0.3) is 0 Å². The maximum atomic E-state index is 13.0. The predicted octanol–water partition coefficient (Wildman–Crippen LogP) is 5.40. The van der Waals surface area contributed by atoms with Gasteiger partial charge in [-0.05, 0) is 60.9 Å². The van der Waals surface area contributed by atoms with Gasteiger partial charge in [0.1, 0.15) is 16.4 Å². The van der Waals surface area contributed by atoms with Crippen LogP contribution in [0.2, 0.25) is 0 Å². The number of hydrogen-bond acceptors (Lipinski definition) is 5. The number of furan rings is 1. The fourth-order valence-electron chi connectivity index (χ4n) is 3.63. The summed E-state index contributed by atoms with van der Waals surface area (Å²) in [7, 11) is -4.50. The second-order valence-electron chi connectivity index (χ2n) is 8.11. The molecule has 1 aliphatic carbocycles. The van der Waals surface area contributed by atoms with Gasteiger partial charge in [0.2, 0.25) is 5.91 Å². The molecule has 0 unspecified atom stereocenters. The number of carbonyl (C=O) groups is 1. The smallest absolute Gasteiger partial charge is 0.416 e. The summed E-state index contributed by atoms with van der Waals surface area (Å²) in [5, 5.41) is 0. The van der Waals surface area contributed by atoms with Crippen molar-refractivity contribution in [3.8, 4) is 5.75 Å². The number of rotatable bonds is 8. The Morgan fingerprint density at radius 3 is 2.44 bits per heavy atom. The first-order chi connectivity index (χ1) is 16.1. The van der Waals surface area contributed by atoms with Crippen LogP contribution in [-0.2, 0) is 34.2 Å². The van der Waals surface area contributed by atoms with Crippen LogP contribution in [0.15, 0.2) is 76.2 Å². The summed E-state index contributed by atoms with van der Waals surface area (Å²) < 4.78 is 74.6. The molecule has 0 saturated heterocycles. The van der Waals surface area contributed by atoms with E-state index in [1.54, 1.807) is 29.2 Å². The van der Waals surface area contributed by atoms with Gasteiger partial charge in [0, 0.05) is 12.5 Å². The van der Waals surface area contributed by atoms with E-state index in [1.807, 2.05) is 0 Å². The third-order valence-corrected chi connectivity index (χ3v) is 6.86. The lowest BCUT2D eigenvalue weighted by atomic mass is 9.84. The molecule has 0 atom stereocenters. The Balaban J connectivity index is 1.53. The van der Waals surface area contributed by atoms with E-state index in [1.165, 1.54) is 18.4 Å². The van der Waals surface area contributed by atoms with Crippen molar-refractivity contribution in [2.75, 3.05) is 0 Å². The Morgan fingerprint density at radius 2 is 1.79 bits per heavy atom. The maximum absolute atomic E-state index is 13.0. The van der Waals surface area contributed by atoms with Gasteiger partial charge in [0.05, 0.1) is 18.4 Å². The van der Waals surface area contributed by atoms with Crippen molar-refractivity contribution in [1.29, 1.82) is 0 Å². The normalized spacial score (nSPS) is 14.4. The van der Waals surface area contributed by atoms with E-state index in [9.17, 15) is 26.4 Å². The molecule has 0 N–H and O–H groups in total. The highest BCUT2D eigenvalue weighted by Gasteiger charge is 2.32. The number of carbonyl (C=O) groups excluding carboxylic acids is 1. The summed E-state index contributed by atoms with van der Waals surface area (Å²) in [5.74, 6) is 0.498. The number of nitrogens with zero attached hydrogens (tertiary/aromatic N) is 1. The summed E-state index contributed by atoms with van der Waals surface area (Å²) >= 11 is 0. The molecule has 6 nitrogen and oxygen atoms in total. The first-order valence-electron chi connectivity index (χ1n) is 10.6. The predicted molar refractivity (Wildman–Crippen MR) is 116 cm³/mol. The summed E-state index contributed by atoms with van der Waals surface area (Å²) in [5.41, 5.74) is -0.482. The van der Waals surface area contributed by atoms with Crippen molar-refractivity contribution in [3.05, 3.63) is 83.8 Å². The van der Waals surface area contributed by atoms with Crippen LogP contribution in [0.4, 0.5) is 13.2 Å². The minimum atomic E-state index is -4.68. The Bertz CT molecular complexity index is 1250. The van der Waals surface area contributed by atoms with Crippen LogP contribution >= 0.6 is 0 Å². The van der Waals surface area contributed by atoms with Crippen molar-refractivity contribution in [1.82, 2.24) is 4.90 Å². The van der Waals surface area contributed by atoms with Crippen molar-refractivity contribution < 1.29 is 35.0 Å². The van der Waals surface area contributed by atoms with Crippen molar-refractivity contribution in [2.24, 2.45) is 5.92 Å². The molecular weight excluding hydrogens is 471 g/mol. The highest BCUT2D eigenvalue weighted by molar-refractivity contribution is 7.87. The molecule has 1 amide bonds. The van der Waals surface area contributed by atoms with E-state index in [0.717, 1.165) is 37.5 Å². The van der Waals surface area contributed by atoms with Crippen LogP contribution in [0.1, 0.15) is 36.1 Å². The lowest BCUT2D eigenvalue weighted by Gasteiger charge is -2.31. The fourth-order valence-corrected chi connectivity index (χ4v) is 4.60. The highest BCUT2D eigenvalue weighted by Crippen LogP contribution is 2.32. The number of halogens is 3. The minimum Gasteiger partial charge on any atom is -0.467 e. The van der Waals surface area contributed by atoms with E-state index in [-0.39, 0.29) is 30.7 Å². The third-order valence-electron chi connectivity index (χ3n) is 5.62. The zero-order valence-electron chi connectivity index (χ0n) is 18.0. The van der Waals surface area contributed by atoms with Gasteiger partial charge in [-0.15, -0.1) is 0 Å². The third kappa shape index (κ3) is 5.61. The number of alkyl halides is 3.